The van der Waals surface area contributed by atoms with E-state index < -0.39 is 11.7 Å². The number of aliphatic hydroxyl groups excluding tert-OH is 1. The summed E-state index contributed by atoms with van der Waals surface area (Å²) in [6.07, 6.45) is 2.29. The lowest BCUT2D eigenvalue weighted by molar-refractivity contribution is 0.0788. The van der Waals surface area contributed by atoms with E-state index in [-0.39, 0.29) is 17.9 Å². The normalized spacial score (nSPS) is 10.4. The molecule has 1 amide bonds. The average molecular weight is 255 g/mol. The van der Waals surface area contributed by atoms with E-state index in [1.807, 2.05) is 0 Å². The molecule has 0 saturated heterocycles. The van der Waals surface area contributed by atoms with Crippen molar-refractivity contribution in [1.29, 1.82) is 0 Å². The molecule has 0 aliphatic heterocycles. The van der Waals surface area contributed by atoms with Crippen LogP contribution in [0.4, 0.5) is 4.39 Å². The number of aromatic hydroxyl groups is 1. The van der Waals surface area contributed by atoms with Gasteiger partial charge in [-0.3, -0.25) is 4.79 Å². The van der Waals surface area contributed by atoms with E-state index >= 15 is 0 Å². The van der Waals surface area contributed by atoms with Gasteiger partial charge in [-0.25, -0.2) is 4.39 Å². The van der Waals surface area contributed by atoms with E-state index in [0.29, 0.717) is 13.0 Å². The van der Waals surface area contributed by atoms with E-state index in [9.17, 15) is 14.3 Å². The number of halogens is 1. The number of carbonyl (C=O) groups is 1. The van der Waals surface area contributed by atoms with Crippen LogP contribution in [0.25, 0.3) is 0 Å². The fraction of sp³-hybridized carbons (Fsp3) is 0.462. The summed E-state index contributed by atoms with van der Waals surface area (Å²) in [5.74, 6) is -1.18. The summed E-state index contributed by atoms with van der Waals surface area (Å²) in [5.41, 5.74) is -0.0281. The molecule has 5 heteroatoms. The van der Waals surface area contributed by atoms with Gasteiger partial charge in [-0.05, 0) is 37.5 Å². The molecule has 0 aliphatic rings. The molecule has 1 rings (SSSR count). The molecule has 0 fully saturated rings. The maximum atomic E-state index is 13.0. The summed E-state index contributed by atoms with van der Waals surface area (Å²) < 4.78 is 13.0. The van der Waals surface area contributed by atoms with E-state index in [2.05, 4.69) is 0 Å². The fourth-order valence-electron chi connectivity index (χ4n) is 1.62. The van der Waals surface area contributed by atoms with Crippen molar-refractivity contribution >= 4 is 5.91 Å². The van der Waals surface area contributed by atoms with Crippen LogP contribution in [0.5, 0.6) is 5.75 Å². The van der Waals surface area contributed by atoms with Gasteiger partial charge in [0.2, 0.25) is 0 Å². The molecule has 0 bridgehead atoms. The predicted molar refractivity (Wildman–Crippen MR) is 66.0 cm³/mol. The van der Waals surface area contributed by atoms with Crippen LogP contribution in [0.1, 0.15) is 29.6 Å². The minimum Gasteiger partial charge on any atom is -0.507 e. The molecule has 0 atom stereocenters. The zero-order chi connectivity index (χ0) is 13.5. The Bertz CT molecular complexity index is 409. The Kier molecular flexibility index (Phi) is 5.58. The first-order valence-corrected chi connectivity index (χ1v) is 5.91. The molecule has 0 radical (unpaired) electrons. The number of amides is 1. The smallest absolute Gasteiger partial charge is 0.257 e. The zero-order valence-corrected chi connectivity index (χ0v) is 10.4. The van der Waals surface area contributed by atoms with Crippen LogP contribution in [-0.2, 0) is 0 Å². The number of benzene rings is 1. The lowest BCUT2D eigenvalue weighted by atomic mass is 10.1. The van der Waals surface area contributed by atoms with Gasteiger partial charge in [-0.15, -0.1) is 0 Å². The second-order valence-corrected chi connectivity index (χ2v) is 4.17. The molecule has 0 saturated carbocycles. The van der Waals surface area contributed by atoms with Crippen LogP contribution in [-0.4, -0.2) is 41.2 Å². The lowest BCUT2D eigenvalue weighted by Crippen LogP contribution is -2.27. The largest absolute Gasteiger partial charge is 0.507 e. The number of hydrogen-bond donors (Lipinski definition) is 2. The minimum atomic E-state index is -0.551. The van der Waals surface area contributed by atoms with Crippen LogP contribution in [0, 0.1) is 5.82 Å². The molecule has 0 aliphatic carbocycles. The SMILES string of the molecule is CN(CCCCCO)C(=O)c1cc(F)ccc1O. The Hall–Kier alpha value is -1.62. The number of rotatable bonds is 6. The molecule has 2 N–H and O–H groups in total. The fourth-order valence-corrected chi connectivity index (χ4v) is 1.62. The molecule has 1 aromatic rings. The van der Waals surface area contributed by atoms with E-state index in [1.54, 1.807) is 7.05 Å². The van der Waals surface area contributed by atoms with Crippen LogP contribution in [0.2, 0.25) is 0 Å². The van der Waals surface area contributed by atoms with Crippen molar-refractivity contribution in [2.45, 2.75) is 19.3 Å². The molecule has 100 valence electrons. The second-order valence-electron chi connectivity index (χ2n) is 4.17. The maximum absolute atomic E-state index is 13.0. The highest BCUT2D eigenvalue weighted by Gasteiger charge is 2.16. The monoisotopic (exact) mass is 255 g/mol. The molecular formula is C13H18FNO3. The highest BCUT2D eigenvalue weighted by molar-refractivity contribution is 5.96. The molecule has 0 heterocycles. The molecule has 18 heavy (non-hydrogen) atoms. The third-order valence-electron chi connectivity index (χ3n) is 2.69. The topological polar surface area (TPSA) is 60.8 Å². The number of hydrogen-bond acceptors (Lipinski definition) is 3. The van der Waals surface area contributed by atoms with Crippen molar-refractivity contribution in [2.24, 2.45) is 0 Å². The number of aliphatic hydroxyl groups is 1. The number of nitrogens with zero attached hydrogens (tertiary/aromatic N) is 1. The quantitative estimate of drug-likeness (QED) is 0.761. The zero-order valence-electron chi connectivity index (χ0n) is 10.4. The van der Waals surface area contributed by atoms with E-state index in [4.69, 9.17) is 5.11 Å². The van der Waals surface area contributed by atoms with Crippen LogP contribution < -0.4 is 0 Å². The predicted octanol–water partition coefficient (Wildman–Crippen LogP) is 1.77. The minimum absolute atomic E-state index is 0.0281. The van der Waals surface area contributed by atoms with Gasteiger partial charge in [0.15, 0.2) is 0 Å². The van der Waals surface area contributed by atoms with Gasteiger partial charge < -0.3 is 15.1 Å². The number of phenolic OH excluding ortho intramolecular Hbond substituents is 1. The first-order chi connectivity index (χ1) is 8.56. The molecule has 0 spiro atoms. The first kappa shape index (κ1) is 14.4. The van der Waals surface area contributed by atoms with E-state index in [0.717, 1.165) is 25.0 Å². The number of carbonyl (C=O) groups excluding carboxylic acids is 1. The van der Waals surface area contributed by atoms with Gasteiger partial charge >= 0.3 is 0 Å². The summed E-state index contributed by atoms with van der Waals surface area (Å²) in [6.45, 7) is 0.650. The van der Waals surface area contributed by atoms with Gasteiger partial charge in [0.1, 0.15) is 11.6 Å². The Balaban J connectivity index is 2.60. The number of unbranched alkanes of at least 4 members (excludes halogenated alkanes) is 2. The van der Waals surface area contributed by atoms with Gasteiger partial charge in [0.05, 0.1) is 5.56 Å². The van der Waals surface area contributed by atoms with Crippen molar-refractivity contribution in [3.05, 3.63) is 29.6 Å². The molecule has 1 aromatic carbocycles. The summed E-state index contributed by atoms with van der Waals surface area (Å²) in [5, 5.41) is 18.1. The van der Waals surface area contributed by atoms with Gasteiger partial charge in [-0.1, -0.05) is 0 Å². The van der Waals surface area contributed by atoms with Crippen molar-refractivity contribution < 1.29 is 19.4 Å². The maximum Gasteiger partial charge on any atom is 0.257 e. The van der Waals surface area contributed by atoms with Gasteiger partial charge in [-0.2, -0.15) is 0 Å². The highest BCUT2D eigenvalue weighted by Crippen LogP contribution is 2.19. The summed E-state index contributed by atoms with van der Waals surface area (Å²) >= 11 is 0. The lowest BCUT2D eigenvalue weighted by Gasteiger charge is -2.17. The average Bonchev–Trinajstić information content (AvgIpc) is 2.36. The standard InChI is InChI=1S/C13H18FNO3/c1-15(7-3-2-4-8-16)13(18)11-9-10(14)5-6-12(11)17/h5-6,9,16-17H,2-4,7-8H2,1H3. The van der Waals surface area contributed by atoms with Gasteiger partial charge in [0.25, 0.3) is 5.91 Å². The Morgan fingerprint density at radius 3 is 2.72 bits per heavy atom. The molecule has 4 nitrogen and oxygen atoms in total. The Morgan fingerprint density at radius 2 is 2.06 bits per heavy atom. The van der Waals surface area contributed by atoms with Crippen molar-refractivity contribution in [3.63, 3.8) is 0 Å². The van der Waals surface area contributed by atoms with Crippen LogP contribution in [0.3, 0.4) is 0 Å². The van der Waals surface area contributed by atoms with Crippen molar-refractivity contribution in [1.82, 2.24) is 4.90 Å². The molecular weight excluding hydrogens is 237 g/mol. The van der Waals surface area contributed by atoms with Crippen LogP contribution >= 0.6 is 0 Å². The van der Waals surface area contributed by atoms with E-state index in [1.165, 1.54) is 11.0 Å². The van der Waals surface area contributed by atoms with Crippen molar-refractivity contribution in [3.8, 4) is 5.75 Å². The van der Waals surface area contributed by atoms with Gasteiger partial charge in [0, 0.05) is 20.2 Å². The molecule has 0 unspecified atom stereocenters. The third-order valence-corrected chi connectivity index (χ3v) is 2.69. The van der Waals surface area contributed by atoms with Crippen molar-refractivity contribution in [2.75, 3.05) is 20.2 Å². The first-order valence-electron chi connectivity index (χ1n) is 5.91. The highest BCUT2D eigenvalue weighted by atomic mass is 19.1. The summed E-state index contributed by atoms with van der Waals surface area (Å²) in [4.78, 5) is 13.4. The number of phenols is 1. The third kappa shape index (κ3) is 4.00. The Labute approximate surface area is 106 Å². The Morgan fingerprint density at radius 1 is 1.33 bits per heavy atom. The summed E-state index contributed by atoms with van der Waals surface area (Å²) in [6, 6.07) is 3.30. The van der Waals surface area contributed by atoms with Crippen LogP contribution in [0.15, 0.2) is 18.2 Å². The summed E-state index contributed by atoms with van der Waals surface area (Å²) in [7, 11) is 1.60. The molecule has 0 aromatic heterocycles. The second kappa shape index (κ2) is 6.96.